The number of hydrogen-bond acceptors (Lipinski definition) is 4. The van der Waals surface area contributed by atoms with Gasteiger partial charge in [0, 0.05) is 5.92 Å². The third-order valence-corrected chi connectivity index (χ3v) is 1.98. The summed E-state index contributed by atoms with van der Waals surface area (Å²) in [6.07, 6.45) is -0.826. The lowest BCUT2D eigenvalue weighted by Crippen LogP contribution is -2.34. The summed E-state index contributed by atoms with van der Waals surface area (Å²) in [6.45, 7) is 5.21. The van der Waals surface area contributed by atoms with E-state index >= 15 is 0 Å². The van der Waals surface area contributed by atoms with Crippen molar-refractivity contribution < 1.29 is 19.1 Å². The summed E-state index contributed by atoms with van der Waals surface area (Å²) >= 11 is 3.06. The number of alkyl halides is 1. The molecule has 5 heteroatoms. The number of carbonyl (C=O) groups excluding carboxylic acids is 2. The van der Waals surface area contributed by atoms with Crippen molar-refractivity contribution in [3.05, 3.63) is 0 Å². The molecule has 1 unspecified atom stereocenters. The van der Waals surface area contributed by atoms with Gasteiger partial charge in [-0.25, -0.2) is 4.79 Å². The maximum atomic E-state index is 11.2. The van der Waals surface area contributed by atoms with Crippen LogP contribution in [0, 0.1) is 5.92 Å². The minimum atomic E-state index is -0.826. The Balaban J connectivity index is 4.38. The van der Waals surface area contributed by atoms with Gasteiger partial charge in [-0.05, 0) is 6.92 Å². The fraction of sp³-hybridized carbons (Fsp3) is 0.778. The minimum Gasteiger partial charge on any atom is -0.466 e. The van der Waals surface area contributed by atoms with E-state index in [1.807, 2.05) is 0 Å². The van der Waals surface area contributed by atoms with Gasteiger partial charge in [-0.15, -0.1) is 0 Å². The maximum absolute atomic E-state index is 11.2. The number of rotatable bonds is 4. The van der Waals surface area contributed by atoms with Crippen LogP contribution >= 0.6 is 15.9 Å². The fourth-order valence-electron chi connectivity index (χ4n) is 0.791. The smallest absolute Gasteiger partial charge is 0.347 e. The van der Waals surface area contributed by atoms with Crippen molar-refractivity contribution in [2.45, 2.75) is 31.7 Å². The molecule has 4 nitrogen and oxygen atoms in total. The Hall–Kier alpha value is -0.580. The molecule has 0 N–H and O–H groups in total. The molecule has 0 aromatic heterocycles. The summed E-state index contributed by atoms with van der Waals surface area (Å²) in [7, 11) is 1.27. The van der Waals surface area contributed by atoms with Crippen LogP contribution in [0.2, 0.25) is 0 Å². The summed E-state index contributed by atoms with van der Waals surface area (Å²) in [5, 5.41) is 0. The van der Waals surface area contributed by atoms with Gasteiger partial charge in [0.2, 0.25) is 6.10 Å². The van der Waals surface area contributed by atoms with Crippen LogP contribution in [0.5, 0.6) is 0 Å². The van der Waals surface area contributed by atoms with Gasteiger partial charge in [0.25, 0.3) is 0 Å². The molecule has 0 aromatic rings. The number of halogens is 1. The molecule has 0 amide bonds. The lowest BCUT2D eigenvalue weighted by Gasteiger charge is -2.19. The Morgan fingerprint density at radius 3 is 1.93 bits per heavy atom. The van der Waals surface area contributed by atoms with Crippen molar-refractivity contribution in [2.75, 3.05) is 7.11 Å². The van der Waals surface area contributed by atoms with Crippen molar-refractivity contribution in [2.24, 2.45) is 5.92 Å². The van der Waals surface area contributed by atoms with Crippen LogP contribution in [0.1, 0.15) is 20.8 Å². The van der Waals surface area contributed by atoms with Crippen LogP contribution in [0.25, 0.3) is 0 Å². The van der Waals surface area contributed by atoms with Crippen molar-refractivity contribution in [1.29, 1.82) is 0 Å². The molecule has 0 saturated carbocycles. The maximum Gasteiger partial charge on any atom is 0.347 e. The Bertz CT molecular complexity index is 213. The molecule has 0 rings (SSSR count). The zero-order valence-corrected chi connectivity index (χ0v) is 10.3. The van der Waals surface area contributed by atoms with Gasteiger partial charge in [0.05, 0.1) is 7.11 Å². The molecule has 2 atom stereocenters. The lowest BCUT2D eigenvalue weighted by molar-refractivity contribution is -0.168. The van der Waals surface area contributed by atoms with Crippen molar-refractivity contribution in [3.63, 3.8) is 0 Å². The number of ether oxygens (including phenoxy) is 2. The first kappa shape index (κ1) is 13.4. The average Bonchev–Trinajstić information content (AvgIpc) is 2.11. The topological polar surface area (TPSA) is 52.6 Å². The van der Waals surface area contributed by atoms with Crippen molar-refractivity contribution in [1.82, 2.24) is 0 Å². The van der Waals surface area contributed by atoms with Crippen LogP contribution in [-0.4, -0.2) is 30.0 Å². The minimum absolute atomic E-state index is 0.0994. The van der Waals surface area contributed by atoms with E-state index in [1.165, 1.54) is 7.11 Å². The zero-order chi connectivity index (χ0) is 11.3. The van der Waals surface area contributed by atoms with Crippen molar-refractivity contribution in [3.8, 4) is 0 Å². The predicted octanol–water partition coefficient (Wildman–Crippen LogP) is 1.51. The first-order chi connectivity index (χ1) is 6.40. The molecule has 0 fully saturated rings. The summed E-state index contributed by atoms with van der Waals surface area (Å²) in [5.74, 6) is -1.09. The highest BCUT2D eigenvalue weighted by molar-refractivity contribution is 9.10. The molecule has 0 heterocycles. The van der Waals surface area contributed by atoms with E-state index < -0.39 is 22.9 Å². The van der Waals surface area contributed by atoms with E-state index in [-0.39, 0.29) is 5.92 Å². The Kier molecular flexibility index (Phi) is 5.76. The molecule has 0 spiro atoms. The summed E-state index contributed by atoms with van der Waals surface area (Å²) in [6, 6.07) is 0. The number of esters is 2. The molecule has 0 aromatic carbocycles. The normalized spacial score (nSPS) is 14.7. The largest absolute Gasteiger partial charge is 0.466 e. The molecule has 0 saturated heterocycles. The SMILES string of the molecule is COC(=O)[C@@H](OC(=O)C(C)Br)C(C)C. The second-order valence-corrected chi connectivity index (χ2v) is 4.61. The third kappa shape index (κ3) is 4.09. The third-order valence-electron chi connectivity index (χ3n) is 1.61. The Labute approximate surface area is 92.1 Å². The second-order valence-electron chi connectivity index (χ2n) is 3.24. The molecule has 0 aliphatic heterocycles. The van der Waals surface area contributed by atoms with E-state index in [0.717, 1.165) is 0 Å². The van der Waals surface area contributed by atoms with Gasteiger partial charge in [-0.3, -0.25) is 4.79 Å². The fourth-order valence-corrected chi connectivity index (χ4v) is 0.899. The predicted molar refractivity (Wildman–Crippen MR) is 55.1 cm³/mol. The van der Waals surface area contributed by atoms with Crippen LogP contribution in [0.15, 0.2) is 0 Å². The van der Waals surface area contributed by atoms with Crippen molar-refractivity contribution >= 4 is 27.9 Å². The van der Waals surface area contributed by atoms with Crippen LogP contribution in [-0.2, 0) is 19.1 Å². The van der Waals surface area contributed by atoms with Gasteiger partial charge in [-0.2, -0.15) is 0 Å². The molecule has 14 heavy (non-hydrogen) atoms. The molecule has 82 valence electrons. The Morgan fingerprint density at radius 2 is 1.64 bits per heavy atom. The van der Waals surface area contributed by atoms with Gasteiger partial charge in [0.1, 0.15) is 4.83 Å². The van der Waals surface area contributed by atoms with Crippen LogP contribution in [0.4, 0.5) is 0 Å². The van der Waals surface area contributed by atoms with Gasteiger partial charge < -0.3 is 9.47 Å². The molecule has 0 bridgehead atoms. The van der Waals surface area contributed by atoms with E-state index in [0.29, 0.717) is 0 Å². The molecule has 0 aliphatic rings. The monoisotopic (exact) mass is 266 g/mol. The quantitative estimate of drug-likeness (QED) is 0.572. The van der Waals surface area contributed by atoms with Gasteiger partial charge in [0.15, 0.2) is 0 Å². The number of hydrogen-bond donors (Lipinski definition) is 0. The summed E-state index contributed by atoms with van der Waals surface area (Å²) < 4.78 is 9.49. The highest BCUT2D eigenvalue weighted by Crippen LogP contribution is 2.11. The van der Waals surface area contributed by atoms with E-state index in [4.69, 9.17) is 4.74 Å². The van der Waals surface area contributed by atoms with Gasteiger partial charge in [-0.1, -0.05) is 29.8 Å². The molecule has 0 aliphatic carbocycles. The lowest BCUT2D eigenvalue weighted by atomic mass is 10.1. The Morgan fingerprint density at radius 1 is 1.14 bits per heavy atom. The van der Waals surface area contributed by atoms with E-state index in [9.17, 15) is 9.59 Å². The zero-order valence-electron chi connectivity index (χ0n) is 8.74. The summed E-state index contributed by atoms with van der Waals surface area (Å²) in [5.41, 5.74) is 0. The molecule has 0 radical (unpaired) electrons. The van der Waals surface area contributed by atoms with Gasteiger partial charge >= 0.3 is 11.9 Å². The average molecular weight is 267 g/mol. The van der Waals surface area contributed by atoms with Crippen LogP contribution in [0.3, 0.4) is 0 Å². The highest BCUT2D eigenvalue weighted by Gasteiger charge is 2.28. The number of carbonyl (C=O) groups is 2. The summed E-state index contributed by atoms with van der Waals surface area (Å²) in [4.78, 5) is 22.0. The van der Waals surface area contributed by atoms with E-state index in [1.54, 1.807) is 20.8 Å². The standard InChI is InChI=1S/C9H15BrO4/c1-5(2)7(9(12)13-4)14-8(11)6(3)10/h5-7H,1-4H3/t6?,7-/m0/s1. The van der Waals surface area contributed by atoms with E-state index in [2.05, 4.69) is 20.7 Å². The molecular formula is C9H15BrO4. The first-order valence-corrected chi connectivity index (χ1v) is 5.24. The number of methoxy groups -OCH3 is 1. The molecular weight excluding hydrogens is 252 g/mol. The first-order valence-electron chi connectivity index (χ1n) is 4.32. The highest BCUT2D eigenvalue weighted by atomic mass is 79.9. The van der Waals surface area contributed by atoms with Crippen LogP contribution < -0.4 is 0 Å². The second kappa shape index (κ2) is 6.01.